The van der Waals surface area contributed by atoms with Crippen LogP contribution in [0.3, 0.4) is 0 Å². The van der Waals surface area contributed by atoms with E-state index in [1.165, 1.54) is 44.9 Å². The highest BCUT2D eigenvalue weighted by Crippen LogP contribution is 2.65. The SMILES string of the molecule is C#C[C@]1(O)CCC2C3CC[C@H]4CCCC[C@@H]4C3CC[C@@]21C. The lowest BCUT2D eigenvalue weighted by Gasteiger charge is -2.56. The van der Waals surface area contributed by atoms with Crippen molar-refractivity contribution in [1.29, 1.82) is 0 Å². The highest BCUT2D eigenvalue weighted by Gasteiger charge is 2.62. The predicted octanol–water partition coefficient (Wildman–Crippen LogP) is 4.39. The zero-order chi connectivity index (χ0) is 14.7. The van der Waals surface area contributed by atoms with Gasteiger partial charge >= 0.3 is 0 Å². The summed E-state index contributed by atoms with van der Waals surface area (Å²) in [6.45, 7) is 2.30. The maximum absolute atomic E-state index is 10.9. The molecule has 0 aromatic heterocycles. The quantitative estimate of drug-likeness (QED) is 0.655. The van der Waals surface area contributed by atoms with Crippen LogP contribution in [-0.4, -0.2) is 10.7 Å². The Kier molecular flexibility index (Phi) is 3.20. The molecule has 4 aliphatic carbocycles. The average Bonchev–Trinajstić information content (AvgIpc) is 2.79. The number of terminal acetylenes is 1. The molecule has 4 saturated carbocycles. The van der Waals surface area contributed by atoms with Crippen LogP contribution in [0.2, 0.25) is 0 Å². The molecule has 0 aromatic rings. The van der Waals surface area contributed by atoms with Gasteiger partial charge in [0.05, 0.1) is 0 Å². The van der Waals surface area contributed by atoms with Crippen molar-refractivity contribution in [3.05, 3.63) is 0 Å². The Labute approximate surface area is 129 Å². The lowest BCUT2D eigenvalue weighted by molar-refractivity contribution is -0.104. The van der Waals surface area contributed by atoms with E-state index in [1.807, 2.05) is 0 Å². The third-order valence-electron chi connectivity index (χ3n) is 8.27. The Hall–Kier alpha value is -0.480. The molecule has 3 unspecified atom stereocenters. The van der Waals surface area contributed by atoms with Gasteiger partial charge in [0.15, 0.2) is 0 Å². The van der Waals surface area contributed by atoms with Crippen LogP contribution in [0.5, 0.6) is 0 Å². The zero-order valence-corrected chi connectivity index (χ0v) is 13.5. The molecule has 0 amide bonds. The Morgan fingerprint density at radius 1 is 0.905 bits per heavy atom. The van der Waals surface area contributed by atoms with Crippen LogP contribution in [0.25, 0.3) is 0 Å². The van der Waals surface area contributed by atoms with E-state index in [0.29, 0.717) is 5.92 Å². The van der Waals surface area contributed by atoms with E-state index in [0.717, 1.165) is 42.9 Å². The molecular formula is C20H30O. The standard InChI is InChI=1S/C20H30O/c1-3-20(21)13-11-18-17-9-8-14-6-4-5-7-15(14)16(17)10-12-19(18,20)2/h1,14-18,21H,4-13H2,2H3/t14-,15+,16?,17?,18?,19+,20+/m1/s1. The second-order valence-corrected chi connectivity index (χ2v) is 8.72. The van der Waals surface area contributed by atoms with E-state index in [1.54, 1.807) is 0 Å². The summed E-state index contributed by atoms with van der Waals surface area (Å²) in [4.78, 5) is 0. The average molecular weight is 286 g/mol. The Morgan fingerprint density at radius 3 is 2.52 bits per heavy atom. The lowest BCUT2D eigenvalue weighted by atomic mass is 9.49. The summed E-state index contributed by atoms with van der Waals surface area (Å²) >= 11 is 0. The van der Waals surface area contributed by atoms with Gasteiger partial charge in [-0.2, -0.15) is 0 Å². The van der Waals surface area contributed by atoms with E-state index in [4.69, 9.17) is 6.42 Å². The zero-order valence-electron chi connectivity index (χ0n) is 13.5. The molecule has 0 aliphatic heterocycles. The lowest BCUT2D eigenvalue weighted by Crippen LogP contribution is -2.52. The molecule has 0 heterocycles. The fourth-order valence-corrected chi connectivity index (χ4v) is 7.08. The molecule has 0 radical (unpaired) electrons. The molecule has 7 atom stereocenters. The Bertz CT molecular complexity index is 463. The number of hydrogen-bond donors (Lipinski definition) is 1. The smallest absolute Gasteiger partial charge is 0.130 e. The molecule has 21 heavy (non-hydrogen) atoms. The highest BCUT2D eigenvalue weighted by molar-refractivity contribution is 5.23. The van der Waals surface area contributed by atoms with Crippen molar-refractivity contribution in [3.63, 3.8) is 0 Å². The molecule has 0 aromatic carbocycles. The molecule has 4 fully saturated rings. The molecule has 0 bridgehead atoms. The highest BCUT2D eigenvalue weighted by atomic mass is 16.3. The number of aliphatic hydroxyl groups is 1. The van der Waals surface area contributed by atoms with Crippen molar-refractivity contribution in [2.75, 3.05) is 0 Å². The van der Waals surface area contributed by atoms with Gasteiger partial charge in [0, 0.05) is 5.41 Å². The van der Waals surface area contributed by atoms with E-state index >= 15 is 0 Å². The number of hydrogen-bond acceptors (Lipinski definition) is 1. The van der Waals surface area contributed by atoms with Gasteiger partial charge < -0.3 is 5.11 Å². The third kappa shape index (κ3) is 1.81. The summed E-state index contributed by atoms with van der Waals surface area (Å²) in [5.74, 6) is 7.29. The fourth-order valence-electron chi connectivity index (χ4n) is 7.08. The number of fused-ring (bicyclic) bond motifs is 5. The minimum Gasteiger partial charge on any atom is -0.377 e. The minimum atomic E-state index is -0.827. The van der Waals surface area contributed by atoms with Crippen LogP contribution in [0.4, 0.5) is 0 Å². The molecular weight excluding hydrogens is 256 g/mol. The molecule has 0 spiro atoms. The van der Waals surface area contributed by atoms with Crippen LogP contribution >= 0.6 is 0 Å². The third-order valence-corrected chi connectivity index (χ3v) is 8.27. The van der Waals surface area contributed by atoms with Crippen molar-refractivity contribution in [2.24, 2.45) is 35.0 Å². The first-order valence-electron chi connectivity index (χ1n) is 9.29. The largest absolute Gasteiger partial charge is 0.377 e. The fraction of sp³-hybridized carbons (Fsp3) is 0.900. The maximum Gasteiger partial charge on any atom is 0.130 e. The van der Waals surface area contributed by atoms with E-state index in [2.05, 4.69) is 12.8 Å². The molecule has 1 N–H and O–H groups in total. The molecule has 1 heteroatoms. The van der Waals surface area contributed by atoms with Crippen molar-refractivity contribution >= 4 is 0 Å². The second kappa shape index (κ2) is 4.76. The molecule has 0 saturated heterocycles. The molecule has 1 nitrogen and oxygen atoms in total. The summed E-state index contributed by atoms with van der Waals surface area (Å²) in [6.07, 6.45) is 19.0. The maximum atomic E-state index is 10.9. The predicted molar refractivity (Wildman–Crippen MR) is 85.5 cm³/mol. The first kappa shape index (κ1) is 14.1. The summed E-state index contributed by atoms with van der Waals surface area (Å²) < 4.78 is 0. The van der Waals surface area contributed by atoms with Crippen LogP contribution in [0.1, 0.15) is 71.1 Å². The molecule has 116 valence electrons. The second-order valence-electron chi connectivity index (χ2n) is 8.72. The van der Waals surface area contributed by atoms with Crippen LogP contribution in [0, 0.1) is 47.3 Å². The monoisotopic (exact) mass is 286 g/mol. The van der Waals surface area contributed by atoms with Gasteiger partial charge in [-0.15, -0.1) is 6.42 Å². The van der Waals surface area contributed by atoms with Crippen LogP contribution in [-0.2, 0) is 0 Å². The molecule has 4 rings (SSSR count). The topological polar surface area (TPSA) is 20.2 Å². The van der Waals surface area contributed by atoms with Crippen molar-refractivity contribution in [1.82, 2.24) is 0 Å². The van der Waals surface area contributed by atoms with Crippen LogP contribution < -0.4 is 0 Å². The first-order chi connectivity index (χ1) is 10.1. The summed E-state index contributed by atoms with van der Waals surface area (Å²) in [6, 6.07) is 0. The Morgan fingerprint density at radius 2 is 1.71 bits per heavy atom. The van der Waals surface area contributed by atoms with Gasteiger partial charge in [-0.25, -0.2) is 0 Å². The van der Waals surface area contributed by atoms with Gasteiger partial charge in [-0.1, -0.05) is 32.1 Å². The van der Waals surface area contributed by atoms with Crippen molar-refractivity contribution in [3.8, 4) is 12.3 Å². The Balaban J connectivity index is 1.62. The van der Waals surface area contributed by atoms with E-state index < -0.39 is 5.60 Å². The summed E-state index contributed by atoms with van der Waals surface area (Å²) in [5, 5.41) is 10.9. The van der Waals surface area contributed by atoms with Crippen molar-refractivity contribution < 1.29 is 5.11 Å². The van der Waals surface area contributed by atoms with Gasteiger partial charge in [0.2, 0.25) is 0 Å². The van der Waals surface area contributed by atoms with E-state index in [9.17, 15) is 5.11 Å². The number of rotatable bonds is 0. The first-order valence-corrected chi connectivity index (χ1v) is 9.29. The van der Waals surface area contributed by atoms with Gasteiger partial charge in [0.1, 0.15) is 5.60 Å². The van der Waals surface area contributed by atoms with Crippen molar-refractivity contribution in [2.45, 2.75) is 76.7 Å². The summed E-state index contributed by atoms with van der Waals surface area (Å²) in [5.41, 5.74) is -0.837. The van der Waals surface area contributed by atoms with Gasteiger partial charge in [0.25, 0.3) is 0 Å². The molecule has 4 aliphatic rings. The normalized spacial score (nSPS) is 56.0. The van der Waals surface area contributed by atoms with Gasteiger partial charge in [-0.3, -0.25) is 0 Å². The van der Waals surface area contributed by atoms with Crippen LogP contribution in [0.15, 0.2) is 0 Å². The minimum absolute atomic E-state index is 0.00950. The van der Waals surface area contributed by atoms with Gasteiger partial charge in [-0.05, 0) is 74.5 Å². The van der Waals surface area contributed by atoms with E-state index in [-0.39, 0.29) is 5.41 Å². The summed E-state index contributed by atoms with van der Waals surface area (Å²) in [7, 11) is 0.